The summed E-state index contributed by atoms with van der Waals surface area (Å²) in [5, 5.41) is 5.04. The van der Waals surface area contributed by atoms with Gasteiger partial charge in [0, 0.05) is 10.0 Å². The first-order valence-corrected chi connectivity index (χ1v) is 8.47. The molecule has 0 spiro atoms. The van der Waals surface area contributed by atoms with Gasteiger partial charge in [0.1, 0.15) is 10.8 Å². The van der Waals surface area contributed by atoms with Crippen molar-refractivity contribution >= 4 is 46.8 Å². The third-order valence-corrected chi connectivity index (χ3v) is 4.41. The normalized spacial score (nSPS) is 11.8. The van der Waals surface area contributed by atoms with Crippen molar-refractivity contribution in [1.82, 2.24) is 9.97 Å². The lowest BCUT2D eigenvalue weighted by molar-refractivity contribution is -0.137. The van der Waals surface area contributed by atoms with Crippen LogP contribution in [0, 0.1) is 0 Å². The molecule has 0 amide bonds. The molecule has 0 bridgehead atoms. The van der Waals surface area contributed by atoms with Crippen LogP contribution in [0.2, 0.25) is 10.0 Å². The van der Waals surface area contributed by atoms with Gasteiger partial charge in [-0.05, 0) is 24.6 Å². The number of halogens is 2. The van der Waals surface area contributed by atoms with Crippen LogP contribution in [0.5, 0.6) is 0 Å². The van der Waals surface area contributed by atoms with E-state index in [1.807, 2.05) is 13.0 Å². The number of hydrogen-bond donors (Lipinski definition) is 1. The molecule has 0 saturated carbocycles. The van der Waals surface area contributed by atoms with Crippen LogP contribution in [0.1, 0.15) is 18.5 Å². The molecule has 122 valence electrons. The summed E-state index contributed by atoms with van der Waals surface area (Å²) in [6, 6.07) is 5.28. The summed E-state index contributed by atoms with van der Waals surface area (Å²) < 4.78 is 4.60. The zero-order valence-electron chi connectivity index (χ0n) is 12.5. The van der Waals surface area contributed by atoms with Crippen LogP contribution in [-0.2, 0) is 9.53 Å². The van der Waals surface area contributed by atoms with Crippen LogP contribution in [0.3, 0.4) is 0 Å². The topological polar surface area (TPSA) is 64.1 Å². The van der Waals surface area contributed by atoms with Gasteiger partial charge in [0.15, 0.2) is 0 Å². The van der Waals surface area contributed by atoms with E-state index in [9.17, 15) is 4.79 Å². The molecule has 0 radical (unpaired) electrons. The number of hydrogen-bond acceptors (Lipinski definition) is 6. The first-order chi connectivity index (χ1) is 11.0. The molecule has 0 aliphatic heterocycles. The van der Waals surface area contributed by atoms with Crippen molar-refractivity contribution in [1.29, 1.82) is 0 Å². The third kappa shape index (κ3) is 5.27. The predicted octanol–water partition coefficient (Wildman–Crippen LogP) is 4.22. The van der Waals surface area contributed by atoms with Crippen molar-refractivity contribution in [2.45, 2.75) is 18.0 Å². The van der Waals surface area contributed by atoms with E-state index in [0.29, 0.717) is 20.9 Å². The predicted molar refractivity (Wildman–Crippen MR) is 93.3 cm³/mol. The number of anilines is 1. The molecule has 23 heavy (non-hydrogen) atoms. The number of nitrogens with zero attached hydrogens (tertiary/aromatic N) is 2. The molecule has 0 unspecified atom stereocenters. The highest BCUT2D eigenvalue weighted by atomic mass is 35.5. The second-order valence-corrected chi connectivity index (χ2v) is 6.48. The van der Waals surface area contributed by atoms with Gasteiger partial charge in [0.25, 0.3) is 0 Å². The first-order valence-electron chi connectivity index (χ1n) is 6.72. The second-order valence-electron chi connectivity index (χ2n) is 4.64. The van der Waals surface area contributed by atoms with Gasteiger partial charge in [0.2, 0.25) is 0 Å². The number of esters is 1. The van der Waals surface area contributed by atoms with Gasteiger partial charge in [-0.25, -0.2) is 4.98 Å². The van der Waals surface area contributed by atoms with E-state index >= 15 is 0 Å². The van der Waals surface area contributed by atoms with E-state index in [0.717, 1.165) is 5.56 Å². The van der Waals surface area contributed by atoms with Gasteiger partial charge in [-0.3, -0.25) is 9.78 Å². The minimum absolute atomic E-state index is 0.0741. The fourth-order valence-electron chi connectivity index (χ4n) is 1.83. The van der Waals surface area contributed by atoms with Crippen LogP contribution in [-0.4, -0.2) is 28.8 Å². The molecule has 8 heteroatoms. The molecule has 0 aliphatic rings. The summed E-state index contributed by atoms with van der Waals surface area (Å²) in [7, 11) is 1.35. The molecular weight excluding hydrogens is 357 g/mol. The zero-order chi connectivity index (χ0) is 16.8. The van der Waals surface area contributed by atoms with Crippen molar-refractivity contribution in [3.05, 3.63) is 46.2 Å². The highest BCUT2D eigenvalue weighted by Crippen LogP contribution is 2.28. The minimum atomic E-state index is -0.309. The zero-order valence-corrected chi connectivity index (χ0v) is 14.9. The summed E-state index contributed by atoms with van der Waals surface area (Å²) in [6.45, 7) is 1.96. The molecule has 1 N–H and O–H groups in total. The van der Waals surface area contributed by atoms with Crippen LogP contribution >= 0.6 is 35.0 Å². The average molecular weight is 372 g/mol. The molecule has 0 fully saturated rings. The summed E-state index contributed by atoms with van der Waals surface area (Å²) in [4.78, 5) is 19.7. The van der Waals surface area contributed by atoms with Gasteiger partial charge in [-0.1, -0.05) is 41.0 Å². The Balaban J connectivity index is 2.06. The lowest BCUT2D eigenvalue weighted by Crippen LogP contribution is -2.09. The Labute approximate surface area is 148 Å². The Morgan fingerprint density at radius 3 is 2.87 bits per heavy atom. The standard InChI is InChI=1S/C15H15Cl2N3O2S/c1-9(11-4-3-10(16)5-12(11)17)19-13-6-18-7-14(20-13)23-8-15(21)22-2/h3-7,9H,8H2,1-2H3,(H,19,20)/t9-/m0/s1. The van der Waals surface area contributed by atoms with E-state index in [4.69, 9.17) is 23.2 Å². The third-order valence-electron chi connectivity index (χ3n) is 2.97. The summed E-state index contributed by atoms with van der Waals surface area (Å²) in [6.07, 6.45) is 3.21. The second kappa shape index (κ2) is 8.38. The monoisotopic (exact) mass is 371 g/mol. The van der Waals surface area contributed by atoms with Crippen molar-refractivity contribution in [3.8, 4) is 0 Å². The van der Waals surface area contributed by atoms with Crippen molar-refractivity contribution in [2.75, 3.05) is 18.2 Å². The number of carbonyl (C=O) groups excluding carboxylic acids is 1. The Kier molecular flexibility index (Phi) is 6.50. The Bertz CT molecular complexity index is 700. The maximum atomic E-state index is 11.2. The molecule has 0 saturated heterocycles. The SMILES string of the molecule is COC(=O)CSc1cncc(N[C@@H](C)c2ccc(Cl)cc2Cl)n1. The Hall–Kier alpha value is -1.50. The van der Waals surface area contributed by atoms with Gasteiger partial charge >= 0.3 is 5.97 Å². The van der Waals surface area contributed by atoms with E-state index in [2.05, 4.69) is 20.0 Å². The fourth-order valence-corrected chi connectivity index (χ4v) is 3.09. The van der Waals surface area contributed by atoms with E-state index < -0.39 is 0 Å². The van der Waals surface area contributed by atoms with Crippen molar-refractivity contribution in [2.24, 2.45) is 0 Å². The van der Waals surface area contributed by atoms with Gasteiger partial charge < -0.3 is 10.1 Å². The Morgan fingerprint density at radius 1 is 1.39 bits per heavy atom. The van der Waals surface area contributed by atoms with Crippen LogP contribution < -0.4 is 5.32 Å². The summed E-state index contributed by atoms with van der Waals surface area (Å²) in [5.41, 5.74) is 0.908. The first kappa shape index (κ1) is 17.8. The van der Waals surface area contributed by atoms with Gasteiger partial charge in [-0.15, -0.1) is 0 Å². The van der Waals surface area contributed by atoms with Gasteiger partial charge in [-0.2, -0.15) is 0 Å². The number of carbonyl (C=O) groups is 1. The highest BCUT2D eigenvalue weighted by Gasteiger charge is 2.11. The number of benzene rings is 1. The lowest BCUT2D eigenvalue weighted by atomic mass is 10.1. The van der Waals surface area contributed by atoms with Crippen LogP contribution in [0.25, 0.3) is 0 Å². The summed E-state index contributed by atoms with van der Waals surface area (Å²) in [5.74, 6) is 0.475. The minimum Gasteiger partial charge on any atom is -0.468 e. The molecule has 1 aromatic heterocycles. The van der Waals surface area contributed by atoms with Crippen molar-refractivity contribution in [3.63, 3.8) is 0 Å². The molecular formula is C15H15Cl2N3O2S. The van der Waals surface area contributed by atoms with Gasteiger partial charge in [0.05, 0.1) is 31.3 Å². The number of nitrogens with one attached hydrogen (secondary N) is 1. The maximum absolute atomic E-state index is 11.2. The van der Waals surface area contributed by atoms with E-state index in [1.165, 1.54) is 18.9 Å². The number of rotatable bonds is 6. The van der Waals surface area contributed by atoms with Crippen LogP contribution in [0.4, 0.5) is 5.82 Å². The number of thioether (sulfide) groups is 1. The quantitative estimate of drug-likeness (QED) is 0.605. The smallest absolute Gasteiger partial charge is 0.316 e. The van der Waals surface area contributed by atoms with E-state index in [1.54, 1.807) is 24.5 Å². The molecule has 2 rings (SSSR count). The Morgan fingerprint density at radius 2 is 2.17 bits per heavy atom. The van der Waals surface area contributed by atoms with Crippen LogP contribution in [0.15, 0.2) is 35.6 Å². The fraction of sp³-hybridized carbons (Fsp3) is 0.267. The number of aromatic nitrogens is 2. The molecule has 0 aliphatic carbocycles. The molecule has 5 nitrogen and oxygen atoms in total. The highest BCUT2D eigenvalue weighted by molar-refractivity contribution is 7.99. The van der Waals surface area contributed by atoms with Crippen molar-refractivity contribution < 1.29 is 9.53 Å². The molecule has 2 aromatic rings. The lowest BCUT2D eigenvalue weighted by Gasteiger charge is -2.16. The molecule has 1 aromatic carbocycles. The largest absolute Gasteiger partial charge is 0.468 e. The maximum Gasteiger partial charge on any atom is 0.316 e. The molecule has 1 atom stereocenters. The number of methoxy groups -OCH3 is 1. The number of ether oxygens (including phenoxy) is 1. The molecule has 1 heterocycles. The summed E-state index contributed by atoms with van der Waals surface area (Å²) >= 11 is 13.4. The van der Waals surface area contributed by atoms with E-state index in [-0.39, 0.29) is 17.8 Å². The average Bonchev–Trinajstić information content (AvgIpc) is 2.52.